The standard InChI is InChI=1S/C18H43NO6Si2/c1-8-19(15-17(2)24-11-9-13-26(20-4)21-5)16-18(3)25-12-10-14-27(22-6)23-7/h17-18,26-27H,8-16H2,1-7H3. The molecular formula is C18H43NO6Si2. The van der Waals surface area contributed by atoms with Crippen LogP contribution in [0.5, 0.6) is 0 Å². The fourth-order valence-corrected chi connectivity index (χ4v) is 5.23. The Bertz CT molecular complexity index is 294. The molecule has 0 N–H and O–H groups in total. The van der Waals surface area contributed by atoms with Gasteiger partial charge in [0.05, 0.1) is 12.2 Å². The Morgan fingerprint density at radius 2 is 1.07 bits per heavy atom. The number of ether oxygens (including phenoxy) is 2. The highest BCUT2D eigenvalue weighted by molar-refractivity contribution is 6.44. The van der Waals surface area contributed by atoms with Crippen molar-refractivity contribution in [2.24, 2.45) is 0 Å². The molecule has 0 fully saturated rings. The van der Waals surface area contributed by atoms with Gasteiger partial charge in [-0.2, -0.15) is 0 Å². The predicted octanol–water partition coefficient (Wildman–Crippen LogP) is 1.93. The highest BCUT2D eigenvalue weighted by Crippen LogP contribution is 2.06. The second-order valence-electron chi connectivity index (χ2n) is 6.80. The van der Waals surface area contributed by atoms with Crippen molar-refractivity contribution in [2.45, 2.75) is 57.9 Å². The lowest BCUT2D eigenvalue weighted by Gasteiger charge is -2.27. The third kappa shape index (κ3) is 14.8. The average molecular weight is 426 g/mol. The van der Waals surface area contributed by atoms with Gasteiger partial charge in [-0.1, -0.05) is 6.92 Å². The molecule has 0 aliphatic carbocycles. The maximum absolute atomic E-state index is 5.95. The Hall–Kier alpha value is 0.154. The van der Waals surface area contributed by atoms with Crippen LogP contribution in [-0.2, 0) is 27.2 Å². The van der Waals surface area contributed by atoms with Crippen LogP contribution in [0.1, 0.15) is 33.6 Å². The largest absolute Gasteiger partial charge is 0.400 e. The summed E-state index contributed by atoms with van der Waals surface area (Å²) in [6, 6.07) is 1.97. The molecule has 0 saturated heterocycles. The Balaban J connectivity index is 3.90. The van der Waals surface area contributed by atoms with Gasteiger partial charge in [-0.25, -0.2) is 0 Å². The summed E-state index contributed by atoms with van der Waals surface area (Å²) in [7, 11) is 3.99. The Kier molecular flexibility index (Phi) is 18.3. The van der Waals surface area contributed by atoms with Crippen molar-refractivity contribution in [1.29, 1.82) is 0 Å². The zero-order valence-electron chi connectivity index (χ0n) is 18.6. The molecule has 9 heteroatoms. The first-order valence-corrected chi connectivity index (χ1v) is 13.6. The number of hydrogen-bond donors (Lipinski definition) is 0. The van der Waals surface area contributed by atoms with Gasteiger partial charge in [0.15, 0.2) is 0 Å². The second-order valence-corrected chi connectivity index (χ2v) is 11.6. The molecule has 164 valence electrons. The van der Waals surface area contributed by atoms with Gasteiger partial charge in [-0.3, -0.25) is 4.90 Å². The van der Waals surface area contributed by atoms with Crippen LogP contribution in [0.3, 0.4) is 0 Å². The zero-order chi connectivity index (χ0) is 20.5. The molecule has 0 aliphatic heterocycles. The lowest BCUT2D eigenvalue weighted by Crippen LogP contribution is -2.38. The molecule has 0 radical (unpaired) electrons. The molecule has 0 saturated carbocycles. The topological polar surface area (TPSA) is 58.6 Å². The van der Waals surface area contributed by atoms with Crippen molar-refractivity contribution in [3.63, 3.8) is 0 Å². The minimum absolute atomic E-state index is 0.206. The van der Waals surface area contributed by atoms with E-state index in [-0.39, 0.29) is 12.2 Å². The van der Waals surface area contributed by atoms with Crippen LogP contribution in [0, 0.1) is 0 Å². The van der Waals surface area contributed by atoms with Crippen LogP contribution in [0.4, 0.5) is 0 Å². The minimum Gasteiger partial charge on any atom is -0.400 e. The molecule has 0 aromatic heterocycles. The van der Waals surface area contributed by atoms with Gasteiger partial charge in [0.2, 0.25) is 0 Å². The van der Waals surface area contributed by atoms with Crippen LogP contribution in [-0.4, -0.2) is 97.0 Å². The fourth-order valence-electron chi connectivity index (χ4n) is 2.90. The Labute approximate surface area is 170 Å². The molecule has 2 unspecified atom stereocenters. The van der Waals surface area contributed by atoms with Gasteiger partial charge in [0, 0.05) is 54.7 Å². The third-order valence-electron chi connectivity index (χ3n) is 4.50. The molecule has 0 spiro atoms. The first-order valence-electron chi connectivity index (χ1n) is 10.1. The molecule has 7 nitrogen and oxygen atoms in total. The minimum atomic E-state index is -1.45. The summed E-state index contributed by atoms with van der Waals surface area (Å²) >= 11 is 0. The third-order valence-corrected chi connectivity index (χ3v) is 8.36. The monoisotopic (exact) mass is 425 g/mol. The van der Waals surface area contributed by atoms with E-state index >= 15 is 0 Å². The number of hydrogen-bond acceptors (Lipinski definition) is 7. The Morgan fingerprint density at radius 1 is 0.704 bits per heavy atom. The highest BCUT2D eigenvalue weighted by atomic mass is 28.3. The molecule has 0 amide bonds. The fraction of sp³-hybridized carbons (Fsp3) is 1.00. The van der Waals surface area contributed by atoms with E-state index in [0.29, 0.717) is 0 Å². The smallest absolute Gasteiger partial charge is 0.320 e. The zero-order valence-corrected chi connectivity index (χ0v) is 20.9. The quantitative estimate of drug-likeness (QED) is 0.231. The maximum atomic E-state index is 5.95. The van der Waals surface area contributed by atoms with Crippen LogP contribution in [0.15, 0.2) is 0 Å². The molecule has 0 bridgehead atoms. The molecule has 0 aliphatic rings. The van der Waals surface area contributed by atoms with Crippen molar-refractivity contribution >= 4 is 18.6 Å². The van der Waals surface area contributed by atoms with Crippen molar-refractivity contribution in [3.05, 3.63) is 0 Å². The molecule has 27 heavy (non-hydrogen) atoms. The number of rotatable bonds is 19. The summed E-state index contributed by atoms with van der Waals surface area (Å²) in [4.78, 5) is 2.39. The van der Waals surface area contributed by atoms with Crippen LogP contribution >= 0.6 is 0 Å². The van der Waals surface area contributed by atoms with E-state index in [2.05, 4.69) is 25.7 Å². The average Bonchev–Trinajstić information content (AvgIpc) is 2.67. The molecule has 2 atom stereocenters. The van der Waals surface area contributed by atoms with Gasteiger partial charge >= 0.3 is 18.6 Å². The van der Waals surface area contributed by atoms with E-state index in [1.165, 1.54) is 0 Å². The number of nitrogens with zero attached hydrogens (tertiary/aromatic N) is 1. The van der Waals surface area contributed by atoms with Crippen LogP contribution < -0.4 is 0 Å². The number of likely N-dealkylation sites (N-methyl/N-ethyl adjacent to an activating group) is 1. The van der Waals surface area contributed by atoms with Gasteiger partial charge in [-0.05, 0) is 45.3 Å². The lowest BCUT2D eigenvalue weighted by atomic mass is 10.3. The first-order chi connectivity index (χ1) is 13.0. The normalized spacial score (nSPS) is 14.4. The van der Waals surface area contributed by atoms with E-state index in [4.69, 9.17) is 27.2 Å². The Morgan fingerprint density at radius 3 is 1.37 bits per heavy atom. The second kappa shape index (κ2) is 18.2. The molecular weight excluding hydrogens is 382 g/mol. The summed E-state index contributed by atoms with van der Waals surface area (Å²) in [5.41, 5.74) is 0. The molecule has 0 heterocycles. The van der Waals surface area contributed by atoms with E-state index in [1.807, 2.05) is 0 Å². The van der Waals surface area contributed by atoms with E-state index in [9.17, 15) is 0 Å². The van der Waals surface area contributed by atoms with Crippen molar-refractivity contribution in [2.75, 3.05) is 61.3 Å². The SMILES string of the molecule is CCN(CC(C)OCCC[SiH](OC)OC)CC(C)OCCC[SiH](OC)OC. The van der Waals surface area contributed by atoms with Crippen LogP contribution in [0.25, 0.3) is 0 Å². The predicted molar refractivity (Wildman–Crippen MR) is 114 cm³/mol. The van der Waals surface area contributed by atoms with Gasteiger partial charge < -0.3 is 27.2 Å². The molecule has 0 rings (SSSR count). The van der Waals surface area contributed by atoms with Gasteiger partial charge in [-0.15, -0.1) is 0 Å². The van der Waals surface area contributed by atoms with E-state index in [0.717, 1.165) is 57.8 Å². The van der Waals surface area contributed by atoms with Crippen LogP contribution in [0.2, 0.25) is 12.1 Å². The maximum Gasteiger partial charge on any atom is 0.320 e. The van der Waals surface area contributed by atoms with Crippen molar-refractivity contribution in [1.82, 2.24) is 4.90 Å². The van der Waals surface area contributed by atoms with Crippen molar-refractivity contribution in [3.8, 4) is 0 Å². The first kappa shape index (κ1) is 27.2. The van der Waals surface area contributed by atoms with E-state index in [1.54, 1.807) is 28.4 Å². The summed E-state index contributed by atoms with van der Waals surface area (Å²) in [6.07, 6.45) is 2.39. The summed E-state index contributed by atoms with van der Waals surface area (Å²) in [5, 5.41) is 0. The summed E-state index contributed by atoms with van der Waals surface area (Å²) < 4.78 is 33.2. The van der Waals surface area contributed by atoms with Gasteiger partial charge in [0.25, 0.3) is 0 Å². The highest BCUT2D eigenvalue weighted by Gasteiger charge is 2.15. The molecule has 0 aromatic carbocycles. The van der Waals surface area contributed by atoms with Crippen molar-refractivity contribution < 1.29 is 27.2 Å². The summed E-state index contributed by atoms with van der Waals surface area (Å²) in [6.45, 7) is 10.8. The van der Waals surface area contributed by atoms with E-state index < -0.39 is 18.6 Å². The lowest BCUT2D eigenvalue weighted by molar-refractivity contribution is 0.00729. The summed E-state index contributed by atoms with van der Waals surface area (Å²) in [5.74, 6) is 0. The van der Waals surface area contributed by atoms with Gasteiger partial charge in [0.1, 0.15) is 0 Å². The molecule has 0 aromatic rings.